The maximum absolute atomic E-state index is 12.4. The Kier molecular flexibility index (Phi) is 6.29. The van der Waals surface area contributed by atoms with Gasteiger partial charge in [-0.1, -0.05) is 28.1 Å². The molecule has 0 aromatic heterocycles. The van der Waals surface area contributed by atoms with Crippen molar-refractivity contribution in [1.82, 2.24) is 4.90 Å². The fourth-order valence-corrected chi connectivity index (χ4v) is 2.51. The maximum Gasteiger partial charge on any atom is 0.241 e. The number of halogens is 1. The number of likely N-dealkylation sites (N-methyl/N-ethyl adjacent to an activating group) is 1. The minimum atomic E-state index is -0.277. The summed E-state index contributed by atoms with van der Waals surface area (Å²) in [7, 11) is 1.92. The fourth-order valence-electron chi connectivity index (χ4n) is 2.25. The van der Waals surface area contributed by atoms with Gasteiger partial charge in [0, 0.05) is 22.3 Å². The van der Waals surface area contributed by atoms with E-state index in [9.17, 15) is 9.59 Å². The van der Waals surface area contributed by atoms with Crippen LogP contribution in [0.4, 0.5) is 5.69 Å². The van der Waals surface area contributed by atoms with Crippen LogP contribution in [0, 0.1) is 0 Å². The molecule has 2 aromatic rings. The van der Waals surface area contributed by atoms with Crippen molar-refractivity contribution >= 4 is 33.3 Å². The summed E-state index contributed by atoms with van der Waals surface area (Å²) >= 11 is 3.42. The minimum Gasteiger partial charge on any atom is -0.325 e. The lowest BCUT2D eigenvalue weighted by Gasteiger charge is -2.24. The van der Waals surface area contributed by atoms with Crippen LogP contribution in [0.1, 0.15) is 29.8 Å². The summed E-state index contributed by atoms with van der Waals surface area (Å²) in [5.41, 5.74) is 2.47. The Morgan fingerprint density at radius 3 is 2.21 bits per heavy atom. The van der Waals surface area contributed by atoms with E-state index in [0.717, 1.165) is 10.0 Å². The molecule has 1 atom stereocenters. The standard InChI is InChI=1S/C19H21BrN2O2/c1-13(22(3)12-15-4-8-17(20)9-5-15)19(24)21-18-10-6-16(7-11-18)14(2)23/h4-11,13H,12H2,1-3H3,(H,21,24)/t13-/m0/s1. The molecule has 2 rings (SSSR count). The molecule has 0 saturated carbocycles. The molecule has 0 heterocycles. The molecular formula is C19H21BrN2O2. The van der Waals surface area contributed by atoms with Crippen molar-refractivity contribution in [3.63, 3.8) is 0 Å². The molecule has 1 N–H and O–H groups in total. The van der Waals surface area contributed by atoms with E-state index in [-0.39, 0.29) is 17.7 Å². The number of nitrogens with zero attached hydrogens (tertiary/aromatic N) is 1. The number of hydrogen-bond donors (Lipinski definition) is 1. The molecule has 0 fully saturated rings. The summed E-state index contributed by atoms with van der Waals surface area (Å²) in [6.07, 6.45) is 0. The normalized spacial score (nSPS) is 12.0. The van der Waals surface area contributed by atoms with E-state index in [4.69, 9.17) is 0 Å². The predicted octanol–water partition coefficient (Wildman–Crippen LogP) is 4.11. The lowest BCUT2D eigenvalue weighted by atomic mass is 10.1. The molecule has 0 aliphatic carbocycles. The van der Waals surface area contributed by atoms with Crippen LogP contribution in [-0.2, 0) is 11.3 Å². The molecule has 0 bridgehead atoms. The first-order chi connectivity index (χ1) is 11.4. The van der Waals surface area contributed by atoms with Crippen LogP contribution in [0.3, 0.4) is 0 Å². The van der Waals surface area contributed by atoms with Crippen LogP contribution in [-0.4, -0.2) is 29.7 Å². The average molecular weight is 389 g/mol. The molecule has 0 unspecified atom stereocenters. The number of amides is 1. The van der Waals surface area contributed by atoms with E-state index in [1.807, 2.05) is 43.1 Å². The van der Waals surface area contributed by atoms with E-state index in [0.29, 0.717) is 17.8 Å². The molecule has 0 spiro atoms. The second-order valence-corrected chi connectivity index (χ2v) is 6.76. The third-order valence-electron chi connectivity index (χ3n) is 3.94. The van der Waals surface area contributed by atoms with E-state index >= 15 is 0 Å². The number of nitrogens with one attached hydrogen (secondary N) is 1. The highest BCUT2D eigenvalue weighted by atomic mass is 79.9. The first-order valence-electron chi connectivity index (χ1n) is 7.73. The molecule has 4 nitrogen and oxygen atoms in total. The van der Waals surface area contributed by atoms with E-state index in [1.54, 1.807) is 24.3 Å². The molecular weight excluding hydrogens is 368 g/mol. The van der Waals surface area contributed by atoms with Gasteiger partial charge in [-0.3, -0.25) is 14.5 Å². The highest BCUT2D eigenvalue weighted by Gasteiger charge is 2.18. The largest absolute Gasteiger partial charge is 0.325 e. The number of carbonyl (C=O) groups excluding carboxylic acids is 2. The molecule has 24 heavy (non-hydrogen) atoms. The molecule has 0 saturated heterocycles. The Morgan fingerprint density at radius 1 is 1.08 bits per heavy atom. The summed E-state index contributed by atoms with van der Waals surface area (Å²) in [5.74, 6) is -0.0688. The lowest BCUT2D eigenvalue weighted by Crippen LogP contribution is -2.39. The van der Waals surface area contributed by atoms with Crippen molar-refractivity contribution in [2.45, 2.75) is 26.4 Å². The van der Waals surface area contributed by atoms with Crippen molar-refractivity contribution < 1.29 is 9.59 Å². The van der Waals surface area contributed by atoms with Crippen molar-refractivity contribution in [3.8, 4) is 0 Å². The van der Waals surface area contributed by atoms with Gasteiger partial charge in [0.05, 0.1) is 6.04 Å². The summed E-state index contributed by atoms with van der Waals surface area (Å²) in [6, 6.07) is 14.7. The lowest BCUT2D eigenvalue weighted by molar-refractivity contribution is -0.120. The van der Waals surface area contributed by atoms with Crippen LogP contribution in [0.2, 0.25) is 0 Å². The molecule has 1 amide bonds. The van der Waals surface area contributed by atoms with Gasteiger partial charge >= 0.3 is 0 Å². The quantitative estimate of drug-likeness (QED) is 0.757. The van der Waals surface area contributed by atoms with Gasteiger partial charge in [0.1, 0.15) is 0 Å². The zero-order chi connectivity index (χ0) is 17.7. The van der Waals surface area contributed by atoms with Gasteiger partial charge in [-0.05, 0) is 62.9 Å². The number of hydrogen-bond acceptors (Lipinski definition) is 3. The van der Waals surface area contributed by atoms with Gasteiger partial charge in [-0.25, -0.2) is 0 Å². The molecule has 5 heteroatoms. The van der Waals surface area contributed by atoms with Crippen molar-refractivity contribution in [2.75, 3.05) is 12.4 Å². The first kappa shape index (κ1) is 18.4. The third-order valence-corrected chi connectivity index (χ3v) is 4.47. The van der Waals surface area contributed by atoms with Crippen LogP contribution >= 0.6 is 15.9 Å². The van der Waals surface area contributed by atoms with Gasteiger partial charge in [-0.15, -0.1) is 0 Å². The third kappa shape index (κ3) is 5.01. The Balaban J connectivity index is 1.95. The van der Waals surface area contributed by atoms with Crippen LogP contribution in [0.5, 0.6) is 0 Å². The summed E-state index contributed by atoms with van der Waals surface area (Å²) in [5, 5.41) is 2.88. The smallest absolute Gasteiger partial charge is 0.241 e. The van der Waals surface area contributed by atoms with Gasteiger partial charge in [0.2, 0.25) is 5.91 Å². The zero-order valence-corrected chi connectivity index (χ0v) is 15.6. The van der Waals surface area contributed by atoms with Crippen LogP contribution < -0.4 is 5.32 Å². The monoisotopic (exact) mass is 388 g/mol. The fraction of sp³-hybridized carbons (Fsp3) is 0.263. The zero-order valence-electron chi connectivity index (χ0n) is 14.0. The predicted molar refractivity (Wildman–Crippen MR) is 100 cm³/mol. The topological polar surface area (TPSA) is 49.4 Å². The van der Waals surface area contributed by atoms with Crippen molar-refractivity contribution in [3.05, 3.63) is 64.1 Å². The number of ketones is 1. The summed E-state index contributed by atoms with van der Waals surface area (Å²) in [4.78, 5) is 25.7. The second kappa shape index (κ2) is 8.22. The Hall–Kier alpha value is -1.98. The molecule has 126 valence electrons. The van der Waals surface area contributed by atoms with Crippen molar-refractivity contribution in [1.29, 1.82) is 0 Å². The van der Waals surface area contributed by atoms with Gasteiger partial charge in [-0.2, -0.15) is 0 Å². The van der Waals surface area contributed by atoms with Gasteiger partial charge in [0.15, 0.2) is 5.78 Å². The average Bonchev–Trinajstić information content (AvgIpc) is 2.56. The van der Waals surface area contributed by atoms with Crippen LogP contribution in [0.25, 0.3) is 0 Å². The number of anilines is 1. The van der Waals surface area contributed by atoms with E-state index < -0.39 is 0 Å². The molecule has 0 aliphatic rings. The van der Waals surface area contributed by atoms with E-state index in [2.05, 4.69) is 21.2 Å². The SMILES string of the molecule is CC(=O)c1ccc(NC(=O)[C@H](C)N(C)Cc2ccc(Br)cc2)cc1. The maximum atomic E-state index is 12.4. The molecule has 0 radical (unpaired) electrons. The number of Topliss-reactive ketones (excluding diaryl/α,β-unsaturated/α-hetero) is 1. The highest BCUT2D eigenvalue weighted by Crippen LogP contribution is 2.14. The molecule has 2 aromatic carbocycles. The Bertz CT molecular complexity index is 711. The van der Waals surface area contributed by atoms with E-state index in [1.165, 1.54) is 6.92 Å². The minimum absolute atomic E-state index is 0.00970. The molecule has 0 aliphatic heterocycles. The number of carbonyl (C=O) groups is 2. The van der Waals surface area contributed by atoms with Crippen LogP contribution in [0.15, 0.2) is 53.0 Å². The summed E-state index contributed by atoms with van der Waals surface area (Å²) < 4.78 is 1.04. The Labute approximate surface area is 151 Å². The number of rotatable bonds is 6. The highest BCUT2D eigenvalue weighted by molar-refractivity contribution is 9.10. The first-order valence-corrected chi connectivity index (χ1v) is 8.52. The van der Waals surface area contributed by atoms with Gasteiger partial charge in [0.25, 0.3) is 0 Å². The Morgan fingerprint density at radius 2 is 1.67 bits per heavy atom. The number of benzene rings is 2. The second-order valence-electron chi connectivity index (χ2n) is 5.84. The van der Waals surface area contributed by atoms with Crippen molar-refractivity contribution in [2.24, 2.45) is 0 Å². The van der Waals surface area contributed by atoms with Gasteiger partial charge < -0.3 is 5.32 Å². The summed E-state index contributed by atoms with van der Waals surface area (Å²) in [6.45, 7) is 4.08.